The highest BCUT2D eigenvalue weighted by Gasteiger charge is 2.12. The summed E-state index contributed by atoms with van der Waals surface area (Å²) >= 11 is 0. The average Bonchev–Trinajstić information content (AvgIpc) is 2.48. The summed E-state index contributed by atoms with van der Waals surface area (Å²) in [6.45, 7) is 0.180. The summed E-state index contributed by atoms with van der Waals surface area (Å²) < 4.78 is 1.71. The van der Waals surface area contributed by atoms with Crippen LogP contribution in [0.3, 0.4) is 0 Å². The zero-order chi connectivity index (χ0) is 14.4. The molecule has 0 amide bonds. The van der Waals surface area contributed by atoms with E-state index in [1.165, 1.54) is 6.21 Å². The van der Waals surface area contributed by atoms with Gasteiger partial charge in [0.2, 0.25) is 12.3 Å². The molecule has 20 heavy (non-hydrogen) atoms. The first-order valence-electron chi connectivity index (χ1n) is 5.93. The number of nitrogens with zero attached hydrogens (tertiary/aromatic N) is 3. The van der Waals surface area contributed by atoms with Gasteiger partial charge in [-0.2, -0.15) is 9.83 Å². The molecule has 0 saturated carbocycles. The van der Waals surface area contributed by atoms with Crippen LogP contribution in [0.2, 0.25) is 0 Å². The zero-order valence-corrected chi connectivity index (χ0v) is 10.6. The number of benzene rings is 1. The lowest BCUT2D eigenvalue weighted by Gasteiger charge is -1.99. The second-order valence-electron chi connectivity index (χ2n) is 4.17. The van der Waals surface area contributed by atoms with Crippen LogP contribution in [0.1, 0.15) is 21.5 Å². The molecule has 0 saturated heterocycles. The molecule has 0 bridgehead atoms. The van der Waals surface area contributed by atoms with Gasteiger partial charge in [-0.3, -0.25) is 4.79 Å². The minimum absolute atomic E-state index is 0.0578. The Morgan fingerprint density at radius 1 is 1.35 bits per heavy atom. The molecule has 0 unspecified atom stereocenters. The summed E-state index contributed by atoms with van der Waals surface area (Å²) in [5, 5.41) is 20.1. The maximum absolute atomic E-state index is 12.1. The van der Waals surface area contributed by atoms with Crippen LogP contribution in [0, 0.1) is 11.3 Å². The number of carbonyl (C=O) groups is 1. The quantitative estimate of drug-likeness (QED) is 0.300. The number of oxime groups is 1. The molecule has 1 heterocycles. The number of rotatable bonds is 4. The van der Waals surface area contributed by atoms with Gasteiger partial charge in [0.05, 0.1) is 23.4 Å². The van der Waals surface area contributed by atoms with E-state index in [1.54, 1.807) is 53.4 Å². The predicted molar refractivity (Wildman–Crippen MR) is 71.5 cm³/mol. The van der Waals surface area contributed by atoms with Crippen LogP contribution in [0.5, 0.6) is 0 Å². The van der Waals surface area contributed by atoms with Gasteiger partial charge >= 0.3 is 0 Å². The molecular weight excluding hydrogens is 254 g/mol. The fourth-order valence-electron chi connectivity index (χ4n) is 1.77. The Morgan fingerprint density at radius 2 is 2.10 bits per heavy atom. The van der Waals surface area contributed by atoms with Gasteiger partial charge in [-0.15, -0.1) is 0 Å². The molecule has 0 aliphatic heterocycles. The van der Waals surface area contributed by atoms with Gasteiger partial charge < -0.3 is 5.21 Å². The maximum atomic E-state index is 12.1. The van der Waals surface area contributed by atoms with Gasteiger partial charge in [0, 0.05) is 11.6 Å². The van der Waals surface area contributed by atoms with Crippen LogP contribution in [0.25, 0.3) is 0 Å². The van der Waals surface area contributed by atoms with Crippen molar-refractivity contribution >= 4 is 12.0 Å². The lowest BCUT2D eigenvalue weighted by molar-refractivity contribution is -0.683. The second-order valence-corrected chi connectivity index (χ2v) is 4.17. The highest BCUT2D eigenvalue weighted by atomic mass is 16.4. The Hall–Kier alpha value is -3.00. The Morgan fingerprint density at radius 3 is 2.75 bits per heavy atom. The van der Waals surface area contributed by atoms with Crippen molar-refractivity contribution in [1.82, 2.24) is 0 Å². The van der Waals surface area contributed by atoms with Crippen molar-refractivity contribution in [2.75, 3.05) is 0 Å². The van der Waals surface area contributed by atoms with E-state index in [1.807, 2.05) is 6.07 Å². The van der Waals surface area contributed by atoms with Crippen molar-refractivity contribution < 1.29 is 14.6 Å². The summed E-state index contributed by atoms with van der Waals surface area (Å²) in [6.07, 6.45) is 4.76. The fraction of sp³-hybridized carbons (Fsp3) is 0.0667. The van der Waals surface area contributed by atoms with Crippen molar-refractivity contribution in [3.8, 4) is 6.07 Å². The molecule has 0 radical (unpaired) electrons. The third kappa shape index (κ3) is 3.27. The number of nitriles is 1. The van der Waals surface area contributed by atoms with Crippen molar-refractivity contribution in [2.24, 2.45) is 5.16 Å². The number of carbonyl (C=O) groups excluding carboxylic acids is 1. The van der Waals surface area contributed by atoms with Crippen molar-refractivity contribution in [2.45, 2.75) is 6.54 Å². The van der Waals surface area contributed by atoms with Gasteiger partial charge in [-0.25, -0.2) is 0 Å². The SMILES string of the molecule is N#Cc1ccc(C(=O)C[n+]2cccc(C=NO)c2)cc1. The van der Waals surface area contributed by atoms with Gasteiger partial charge in [-0.1, -0.05) is 5.16 Å². The molecule has 0 spiro atoms. The maximum Gasteiger partial charge on any atom is 0.227 e. The van der Waals surface area contributed by atoms with Gasteiger partial charge in [0.15, 0.2) is 12.4 Å². The summed E-state index contributed by atoms with van der Waals surface area (Å²) in [5.41, 5.74) is 1.77. The summed E-state index contributed by atoms with van der Waals surface area (Å²) in [6, 6.07) is 12.1. The monoisotopic (exact) mass is 266 g/mol. The highest BCUT2D eigenvalue weighted by Crippen LogP contribution is 2.04. The largest absolute Gasteiger partial charge is 0.411 e. The first-order chi connectivity index (χ1) is 9.72. The number of pyridine rings is 1. The zero-order valence-electron chi connectivity index (χ0n) is 10.6. The third-order valence-electron chi connectivity index (χ3n) is 2.75. The number of ketones is 1. The van der Waals surface area contributed by atoms with Crippen molar-refractivity contribution in [1.29, 1.82) is 5.26 Å². The summed E-state index contributed by atoms with van der Waals surface area (Å²) in [7, 11) is 0. The summed E-state index contributed by atoms with van der Waals surface area (Å²) in [5.74, 6) is -0.0578. The molecule has 1 aromatic carbocycles. The van der Waals surface area contributed by atoms with E-state index in [4.69, 9.17) is 10.5 Å². The first-order valence-corrected chi connectivity index (χ1v) is 5.93. The topological polar surface area (TPSA) is 77.3 Å². The molecular formula is C15H12N3O2+. The fourth-order valence-corrected chi connectivity index (χ4v) is 1.77. The normalized spacial score (nSPS) is 10.3. The molecule has 1 aromatic heterocycles. The molecule has 0 aliphatic rings. The van der Waals surface area contributed by atoms with Crippen LogP contribution in [-0.4, -0.2) is 17.2 Å². The van der Waals surface area contributed by atoms with Gasteiger partial charge in [-0.05, 0) is 30.3 Å². The smallest absolute Gasteiger partial charge is 0.227 e. The summed E-state index contributed by atoms with van der Waals surface area (Å²) in [4.78, 5) is 12.1. The molecule has 2 aromatic rings. The Kier molecular flexibility index (Phi) is 4.20. The first kappa shape index (κ1) is 13.4. The van der Waals surface area contributed by atoms with E-state index in [2.05, 4.69) is 5.16 Å². The van der Waals surface area contributed by atoms with E-state index in [0.29, 0.717) is 16.7 Å². The molecule has 0 atom stereocenters. The van der Waals surface area contributed by atoms with Crippen molar-refractivity contribution in [3.63, 3.8) is 0 Å². The Labute approximate surface area is 116 Å². The van der Waals surface area contributed by atoms with Crippen LogP contribution in [-0.2, 0) is 6.54 Å². The van der Waals surface area contributed by atoms with Gasteiger partial charge in [0.1, 0.15) is 0 Å². The standard InChI is InChI=1S/C15H11N3O2/c16-8-12-3-5-14(6-4-12)15(19)11-18-7-1-2-13(10-18)9-17-20/h1-7,9-10H,11H2/p+1. The van der Waals surface area contributed by atoms with E-state index in [0.717, 1.165) is 0 Å². The number of hydrogen-bond acceptors (Lipinski definition) is 4. The van der Waals surface area contributed by atoms with Crippen molar-refractivity contribution in [3.05, 3.63) is 65.5 Å². The minimum atomic E-state index is -0.0578. The van der Waals surface area contributed by atoms with E-state index in [-0.39, 0.29) is 12.3 Å². The molecule has 2 rings (SSSR count). The van der Waals surface area contributed by atoms with Gasteiger partial charge in [0.25, 0.3) is 0 Å². The Bertz CT molecular complexity index is 685. The second kappa shape index (κ2) is 6.25. The number of hydrogen-bond donors (Lipinski definition) is 1. The van der Waals surface area contributed by atoms with E-state index < -0.39 is 0 Å². The molecule has 5 heteroatoms. The van der Waals surface area contributed by atoms with Crippen LogP contribution in [0.4, 0.5) is 0 Å². The molecule has 98 valence electrons. The molecule has 0 aliphatic carbocycles. The predicted octanol–water partition coefficient (Wildman–Crippen LogP) is 1.54. The lowest BCUT2D eigenvalue weighted by Crippen LogP contribution is -2.37. The highest BCUT2D eigenvalue weighted by molar-refractivity contribution is 5.95. The lowest BCUT2D eigenvalue weighted by atomic mass is 10.1. The Balaban J connectivity index is 2.14. The van der Waals surface area contributed by atoms with Crippen LogP contribution in [0.15, 0.2) is 53.9 Å². The van der Waals surface area contributed by atoms with Crippen LogP contribution >= 0.6 is 0 Å². The minimum Gasteiger partial charge on any atom is -0.411 e. The molecule has 5 nitrogen and oxygen atoms in total. The number of aromatic nitrogens is 1. The third-order valence-corrected chi connectivity index (χ3v) is 2.75. The van der Waals surface area contributed by atoms with E-state index >= 15 is 0 Å². The molecule has 0 fully saturated rings. The molecule has 1 N–H and O–H groups in total. The van der Waals surface area contributed by atoms with Crippen LogP contribution < -0.4 is 4.57 Å². The average molecular weight is 266 g/mol. The number of Topliss-reactive ketones (excluding diaryl/α,β-unsaturated/α-hetero) is 1. The van der Waals surface area contributed by atoms with E-state index in [9.17, 15) is 4.79 Å².